The number of carbonyl (C=O) groups excluding carboxylic acids is 2. The number of hydrogen-bond acceptors (Lipinski definition) is 3. The molecule has 0 aliphatic rings. The standard InChI is InChI=1S/C17H15NO3/c1-3-21-17(20)16(19)11-8-9-15-13(10-11)12-6-4-5-7-14(12)18(15)2/h4-10H,3H2,1-2H3. The van der Waals surface area contributed by atoms with Gasteiger partial charge in [0, 0.05) is 34.4 Å². The summed E-state index contributed by atoms with van der Waals surface area (Å²) in [6.07, 6.45) is 0. The molecular weight excluding hydrogens is 266 g/mol. The van der Waals surface area contributed by atoms with Gasteiger partial charge in [0.05, 0.1) is 6.61 Å². The van der Waals surface area contributed by atoms with Crippen LogP contribution in [0.3, 0.4) is 0 Å². The predicted molar refractivity (Wildman–Crippen MR) is 81.4 cm³/mol. The van der Waals surface area contributed by atoms with Crippen LogP contribution in [0.2, 0.25) is 0 Å². The number of Topliss-reactive ketones (excluding diaryl/α,β-unsaturated/α-hetero) is 1. The molecule has 0 bridgehead atoms. The molecule has 106 valence electrons. The van der Waals surface area contributed by atoms with Gasteiger partial charge in [-0.1, -0.05) is 18.2 Å². The third-order valence-electron chi connectivity index (χ3n) is 3.64. The van der Waals surface area contributed by atoms with Gasteiger partial charge in [0.15, 0.2) is 0 Å². The molecule has 0 aliphatic carbocycles. The minimum absolute atomic E-state index is 0.196. The number of aromatic nitrogens is 1. The number of benzene rings is 2. The van der Waals surface area contributed by atoms with Crippen molar-refractivity contribution in [2.75, 3.05) is 6.61 Å². The molecule has 4 heteroatoms. The normalized spacial score (nSPS) is 11.0. The molecule has 0 saturated carbocycles. The Morgan fingerprint density at radius 1 is 1.05 bits per heavy atom. The van der Waals surface area contributed by atoms with Crippen LogP contribution >= 0.6 is 0 Å². The van der Waals surface area contributed by atoms with E-state index in [9.17, 15) is 9.59 Å². The van der Waals surface area contributed by atoms with Gasteiger partial charge in [-0.3, -0.25) is 4.79 Å². The molecule has 1 aromatic heterocycles. The zero-order chi connectivity index (χ0) is 15.0. The molecule has 0 unspecified atom stereocenters. The number of hydrogen-bond donors (Lipinski definition) is 0. The molecular formula is C17H15NO3. The summed E-state index contributed by atoms with van der Waals surface area (Å²) in [7, 11) is 1.98. The first-order chi connectivity index (χ1) is 10.1. The molecule has 21 heavy (non-hydrogen) atoms. The highest BCUT2D eigenvalue weighted by atomic mass is 16.5. The molecule has 0 spiro atoms. The summed E-state index contributed by atoms with van der Waals surface area (Å²) in [5.41, 5.74) is 2.47. The first-order valence-corrected chi connectivity index (χ1v) is 6.82. The van der Waals surface area contributed by atoms with Crippen LogP contribution < -0.4 is 0 Å². The number of ketones is 1. The maximum atomic E-state index is 12.0. The molecule has 3 aromatic rings. The maximum absolute atomic E-state index is 12.0. The highest BCUT2D eigenvalue weighted by molar-refractivity contribution is 6.41. The Kier molecular flexibility index (Phi) is 3.22. The second-order valence-corrected chi connectivity index (χ2v) is 4.86. The summed E-state index contributed by atoms with van der Waals surface area (Å²) in [5, 5.41) is 2.02. The Bertz CT molecular complexity index is 861. The van der Waals surface area contributed by atoms with Gasteiger partial charge < -0.3 is 9.30 Å². The molecule has 0 aliphatic heterocycles. The lowest BCUT2D eigenvalue weighted by Crippen LogP contribution is -2.17. The van der Waals surface area contributed by atoms with Gasteiger partial charge in [0.1, 0.15) is 0 Å². The van der Waals surface area contributed by atoms with E-state index >= 15 is 0 Å². The minimum Gasteiger partial charge on any atom is -0.460 e. The van der Waals surface area contributed by atoms with E-state index in [1.807, 2.05) is 37.4 Å². The Morgan fingerprint density at radius 2 is 1.76 bits per heavy atom. The van der Waals surface area contributed by atoms with E-state index < -0.39 is 11.8 Å². The largest absolute Gasteiger partial charge is 0.460 e. The first kappa shape index (κ1) is 13.4. The van der Waals surface area contributed by atoms with Gasteiger partial charge in [0.25, 0.3) is 5.78 Å². The fourth-order valence-electron chi connectivity index (χ4n) is 2.62. The molecule has 0 amide bonds. The summed E-state index contributed by atoms with van der Waals surface area (Å²) < 4.78 is 6.84. The van der Waals surface area contributed by atoms with Crippen molar-refractivity contribution in [3.63, 3.8) is 0 Å². The Balaban J connectivity index is 2.18. The monoisotopic (exact) mass is 281 g/mol. The summed E-state index contributed by atoms with van der Waals surface area (Å²) in [4.78, 5) is 23.6. The lowest BCUT2D eigenvalue weighted by molar-refractivity contribution is -0.137. The summed E-state index contributed by atoms with van der Waals surface area (Å²) in [6, 6.07) is 13.3. The van der Waals surface area contributed by atoms with E-state index in [4.69, 9.17) is 4.74 Å². The van der Waals surface area contributed by atoms with Crippen LogP contribution in [0.15, 0.2) is 42.5 Å². The van der Waals surface area contributed by atoms with Crippen LogP contribution in [-0.4, -0.2) is 22.9 Å². The molecule has 4 nitrogen and oxygen atoms in total. The smallest absolute Gasteiger partial charge is 0.379 e. The van der Waals surface area contributed by atoms with Gasteiger partial charge in [0.2, 0.25) is 0 Å². The van der Waals surface area contributed by atoms with Gasteiger partial charge >= 0.3 is 5.97 Å². The Labute approximate surface area is 121 Å². The second kappa shape index (κ2) is 5.05. The average Bonchev–Trinajstić information content (AvgIpc) is 2.80. The first-order valence-electron chi connectivity index (χ1n) is 6.82. The van der Waals surface area contributed by atoms with Gasteiger partial charge in [-0.15, -0.1) is 0 Å². The van der Waals surface area contributed by atoms with E-state index in [0.717, 1.165) is 21.8 Å². The number of ether oxygens (including phenoxy) is 1. The SMILES string of the molecule is CCOC(=O)C(=O)c1ccc2c(c1)c1ccccc1n2C. The summed E-state index contributed by atoms with van der Waals surface area (Å²) in [5.74, 6) is -1.41. The predicted octanol–water partition coefficient (Wildman–Crippen LogP) is 3.08. The Hall–Kier alpha value is -2.62. The number of nitrogens with zero attached hydrogens (tertiary/aromatic N) is 1. The number of carbonyl (C=O) groups is 2. The van der Waals surface area contributed by atoms with Crippen molar-refractivity contribution in [2.45, 2.75) is 6.92 Å². The number of fused-ring (bicyclic) bond motifs is 3. The fourth-order valence-corrected chi connectivity index (χ4v) is 2.62. The van der Waals surface area contributed by atoms with E-state index in [1.54, 1.807) is 19.1 Å². The van der Waals surface area contributed by atoms with Gasteiger partial charge in [-0.25, -0.2) is 4.79 Å². The third-order valence-corrected chi connectivity index (χ3v) is 3.64. The average molecular weight is 281 g/mol. The van der Waals surface area contributed by atoms with E-state index in [-0.39, 0.29) is 6.61 Å². The van der Waals surface area contributed by atoms with Crippen LogP contribution in [0.25, 0.3) is 21.8 Å². The summed E-state index contributed by atoms with van der Waals surface area (Å²) >= 11 is 0. The highest BCUT2D eigenvalue weighted by Crippen LogP contribution is 2.28. The quantitative estimate of drug-likeness (QED) is 0.421. The zero-order valence-electron chi connectivity index (χ0n) is 11.9. The molecule has 0 atom stereocenters. The van der Waals surface area contributed by atoms with Crippen molar-refractivity contribution in [3.8, 4) is 0 Å². The molecule has 1 heterocycles. The van der Waals surface area contributed by atoms with Crippen molar-refractivity contribution >= 4 is 33.6 Å². The molecule has 0 radical (unpaired) electrons. The maximum Gasteiger partial charge on any atom is 0.379 e. The zero-order valence-corrected chi connectivity index (χ0v) is 11.9. The molecule has 2 aromatic carbocycles. The second-order valence-electron chi connectivity index (χ2n) is 4.86. The van der Waals surface area contributed by atoms with Crippen LogP contribution in [-0.2, 0) is 16.6 Å². The van der Waals surface area contributed by atoms with Gasteiger partial charge in [-0.2, -0.15) is 0 Å². The molecule has 0 N–H and O–H groups in total. The number of aryl methyl sites for hydroxylation is 1. The molecule has 0 saturated heterocycles. The van der Waals surface area contributed by atoms with Crippen LogP contribution in [0.5, 0.6) is 0 Å². The Morgan fingerprint density at radius 3 is 2.52 bits per heavy atom. The fraction of sp³-hybridized carbons (Fsp3) is 0.176. The molecule has 0 fully saturated rings. The van der Waals surface area contributed by atoms with E-state index in [1.165, 1.54) is 0 Å². The lowest BCUT2D eigenvalue weighted by Gasteiger charge is -2.02. The topological polar surface area (TPSA) is 48.3 Å². The highest BCUT2D eigenvalue weighted by Gasteiger charge is 2.19. The van der Waals surface area contributed by atoms with Crippen molar-refractivity contribution in [1.29, 1.82) is 0 Å². The van der Waals surface area contributed by atoms with Gasteiger partial charge in [-0.05, 0) is 31.2 Å². The minimum atomic E-state index is -0.808. The van der Waals surface area contributed by atoms with Crippen LogP contribution in [0.4, 0.5) is 0 Å². The van der Waals surface area contributed by atoms with Crippen LogP contribution in [0.1, 0.15) is 17.3 Å². The van der Waals surface area contributed by atoms with Crippen molar-refractivity contribution in [3.05, 3.63) is 48.0 Å². The third kappa shape index (κ3) is 2.09. The molecule has 3 rings (SSSR count). The number of esters is 1. The lowest BCUT2D eigenvalue weighted by atomic mass is 10.1. The number of rotatable bonds is 3. The number of para-hydroxylation sites is 1. The van der Waals surface area contributed by atoms with Crippen molar-refractivity contribution in [1.82, 2.24) is 4.57 Å². The summed E-state index contributed by atoms with van der Waals surface area (Å²) in [6.45, 7) is 1.88. The van der Waals surface area contributed by atoms with E-state index in [0.29, 0.717) is 5.56 Å². The van der Waals surface area contributed by atoms with Crippen molar-refractivity contribution < 1.29 is 14.3 Å². The van der Waals surface area contributed by atoms with Crippen LogP contribution in [0, 0.1) is 0 Å². The van der Waals surface area contributed by atoms with Crippen molar-refractivity contribution in [2.24, 2.45) is 7.05 Å². The van der Waals surface area contributed by atoms with E-state index in [2.05, 4.69) is 4.57 Å².